The molecule has 7 heteroatoms. The Labute approximate surface area is 158 Å². The molecule has 0 spiro atoms. The summed E-state index contributed by atoms with van der Waals surface area (Å²) in [5, 5.41) is 15.0. The van der Waals surface area contributed by atoms with E-state index in [0.29, 0.717) is 0 Å². The van der Waals surface area contributed by atoms with Crippen molar-refractivity contribution in [3.63, 3.8) is 0 Å². The Hall–Kier alpha value is -1.63. The van der Waals surface area contributed by atoms with Gasteiger partial charge in [0.15, 0.2) is 5.96 Å². The maximum Gasteiger partial charge on any atom is 0.191 e. The number of guanidine groups is 1. The molecule has 26 heavy (non-hydrogen) atoms. The molecule has 0 saturated heterocycles. The number of hydrogen-bond acceptors (Lipinski definition) is 4. The van der Waals surface area contributed by atoms with Crippen molar-refractivity contribution in [3.8, 4) is 0 Å². The van der Waals surface area contributed by atoms with E-state index in [2.05, 4.69) is 32.3 Å². The summed E-state index contributed by atoms with van der Waals surface area (Å²) < 4.78 is 7.51. The van der Waals surface area contributed by atoms with Gasteiger partial charge in [0.2, 0.25) is 0 Å². The number of nitrogens with one attached hydrogen (secondary N) is 2. The molecular formula is C19H36N6O. The van der Waals surface area contributed by atoms with Gasteiger partial charge in [0, 0.05) is 45.8 Å². The molecule has 0 bridgehead atoms. The standard InChI is InChI=1S/C19H36N6O/c1-3-18-24-23-16-25(18)13-12-21-19(20-11-8-14-26-4-2)22-15-17-9-6-5-7-10-17/h16-17H,3-15H2,1-2H3,(H2,20,21,22). The van der Waals surface area contributed by atoms with Crippen LogP contribution in [-0.2, 0) is 17.7 Å². The first-order valence-corrected chi connectivity index (χ1v) is 10.3. The van der Waals surface area contributed by atoms with E-state index in [4.69, 9.17) is 9.73 Å². The van der Waals surface area contributed by atoms with Gasteiger partial charge in [-0.2, -0.15) is 0 Å². The largest absolute Gasteiger partial charge is 0.382 e. The summed E-state index contributed by atoms with van der Waals surface area (Å²) in [6.45, 7) is 9.16. The molecule has 1 aromatic heterocycles. The lowest BCUT2D eigenvalue weighted by molar-refractivity contribution is 0.145. The highest BCUT2D eigenvalue weighted by molar-refractivity contribution is 5.79. The second kappa shape index (κ2) is 12.7. The lowest BCUT2D eigenvalue weighted by Gasteiger charge is -2.20. The van der Waals surface area contributed by atoms with Crippen molar-refractivity contribution >= 4 is 5.96 Å². The summed E-state index contributed by atoms with van der Waals surface area (Å²) in [7, 11) is 0. The number of ether oxygens (including phenoxy) is 1. The van der Waals surface area contributed by atoms with Gasteiger partial charge in [-0.1, -0.05) is 26.2 Å². The third kappa shape index (κ3) is 7.72. The second-order valence-electron chi connectivity index (χ2n) is 6.89. The summed E-state index contributed by atoms with van der Waals surface area (Å²) in [5.74, 6) is 2.69. The van der Waals surface area contributed by atoms with Crippen LogP contribution in [-0.4, -0.2) is 53.6 Å². The Morgan fingerprint density at radius 2 is 2.04 bits per heavy atom. The monoisotopic (exact) mass is 364 g/mol. The number of rotatable bonds is 11. The van der Waals surface area contributed by atoms with E-state index in [0.717, 1.165) is 69.9 Å². The number of nitrogens with zero attached hydrogens (tertiary/aromatic N) is 4. The zero-order valence-corrected chi connectivity index (χ0v) is 16.5. The van der Waals surface area contributed by atoms with Crippen LogP contribution in [0.5, 0.6) is 0 Å². The van der Waals surface area contributed by atoms with Gasteiger partial charge in [-0.05, 0) is 32.1 Å². The maximum atomic E-state index is 5.41. The maximum absolute atomic E-state index is 5.41. The van der Waals surface area contributed by atoms with Crippen molar-refractivity contribution in [2.75, 3.05) is 32.8 Å². The summed E-state index contributed by atoms with van der Waals surface area (Å²) in [5.41, 5.74) is 0. The highest BCUT2D eigenvalue weighted by Gasteiger charge is 2.13. The van der Waals surface area contributed by atoms with Crippen molar-refractivity contribution in [1.29, 1.82) is 0 Å². The Morgan fingerprint density at radius 1 is 1.23 bits per heavy atom. The average Bonchev–Trinajstić information content (AvgIpc) is 3.13. The Bertz CT molecular complexity index is 510. The van der Waals surface area contributed by atoms with E-state index in [-0.39, 0.29) is 0 Å². The van der Waals surface area contributed by atoms with Gasteiger partial charge in [0.05, 0.1) is 0 Å². The third-order valence-electron chi connectivity index (χ3n) is 4.85. The third-order valence-corrected chi connectivity index (χ3v) is 4.85. The second-order valence-corrected chi connectivity index (χ2v) is 6.89. The number of aliphatic imine (C=N–C) groups is 1. The van der Waals surface area contributed by atoms with Crippen molar-refractivity contribution in [1.82, 2.24) is 25.4 Å². The number of hydrogen-bond donors (Lipinski definition) is 2. The molecule has 148 valence electrons. The Kier molecular flexibility index (Phi) is 10.1. The molecule has 1 aromatic rings. The fraction of sp³-hybridized carbons (Fsp3) is 0.842. The smallest absolute Gasteiger partial charge is 0.191 e. The first-order valence-electron chi connectivity index (χ1n) is 10.3. The van der Waals surface area contributed by atoms with Crippen LogP contribution in [0.4, 0.5) is 0 Å². The normalized spacial score (nSPS) is 16.0. The van der Waals surface area contributed by atoms with E-state index in [1.165, 1.54) is 32.1 Å². The minimum Gasteiger partial charge on any atom is -0.382 e. The average molecular weight is 365 g/mol. The fourth-order valence-electron chi connectivity index (χ4n) is 3.32. The van der Waals surface area contributed by atoms with E-state index in [1.807, 2.05) is 6.92 Å². The van der Waals surface area contributed by atoms with Gasteiger partial charge in [0.25, 0.3) is 0 Å². The highest BCUT2D eigenvalue weighted by atomic mass is 16.5. The van der Waals surface area contributed by atoms with Crippen LogP contribution in [0, 0.1) is 5.92 Å². The van der Waals surface area contributed by atoms with Gasteiger partial charge in [-0.15, -0.1) is 10.2 Å². The quantitative estimate of drug-likeness (QED) is 0.358. The minimum atomic E-state index is 0.746. The molecule has 0 aromatic carbocycles. The summed E-state index contributed by atoms with van der Waals surface area (Å²) in [4.78, 5) is 4.84. The van der Waals surface area contributed by atoms with Crippen molar-refractivity contribution in [3.05, 3.63) is 12.2 Å². The SMILES string of the molecule is CCOCCCNC(=NCC1CCCCC1)NCCn1cnnc1CC. The summed E-state index contributed by atoms with van der Waals surface area (Å²) in [6, 6.07) is 0. The van der Waals surface area contributed by atoms with Crippen LogP contribution in [0.3, 0.4) is 0 Å². The molecular weight excluding hydrogens is 328 g/mol. The molecule has 1 aliphatic carbocycles. The summed E-state index contributed by atoms with van der Waals surface area (Å²) >= 11 is 0. The first-order chi connectivity index (χ1) is 12.8. The predicted octanol–water partition coefficient (Wildman–Crippen LogP) is 2.38. The predicted molar refractivity (Wildman–Crippen MR) is 105 cm³/mol. The van der Waals surface area contributed by atoms with Gasteiger partial charge in [0.1, 0.15) is 12.2 Å². The molecule has 0 unspecified atom stereocenters. The molecule has 0 aliphatic heterocycles. The molecule has 7 nitrogen and oxygen atoms in total. The molecule has 2 rings (SSSR count). The lowest BCUT2D eigenvalue weighted by Crippen LogP contribution is -2.40. The van der Waals surface area contributed by atoms with Crippen LogP contribution >= 0.6 is 0 Å². The van der Waals surface area contributed by atoms with Crippen LogP contribution in [0.1, 0.15) is 58.2 Å². The number of aromatic nitrogens is 3. The van der Waals surface area contributed by atoms with E-state index < -0.39 is 0 Å². The van der Waals surface area contributed by atoms with Gasteiger partial charge < -0.3 is 19.9 Å². The topological polar surface area (TPSA) is 76.4 Å². The molecule has 1 saturated carbocycles. The first kappa shape index (κ1) is 20.7. The van der Waals surface area contributed by atoms with E-state index >= 15 is 0 Å². The Morgan fingerprint density at radius 3 is 2.81 bits per heavy atom. The van der Waals surface area contributed by atoms with Crippen molar-refractivity contribution < 1.29 is 4.74 Å². The van der Waals surface area contributed by atoms with Crippen LogP contribution < -0.4 is 10.6 Å². The van der Waals surface area contributed by atoms with Crippen molar-refractivity contribution in [2.45, 2.75) is 65.3 Å². The molecule has 0 atom stereocenters. The minimum absolute atomic E-state index is 0.746. The zero-order chi connectivity index (χ0) is 18.5. The molecule has 0 radical (unpaired) electrons. The van der Waals surface area contributed by atoms with Crippen LogP contribution in [0.15, 0.2) is 11.3 Å². The highest BCUT2D eigenvalue weighted by Crippen LogP contribution is 2.23. The molecule has 1 heterocycles. The van der Waals surface area contributed by atoms with Crippen molar-refractivity contribution in [2.24, 2.45) is 10.9 Å². The van der Waals surface area contributed by atoms with Gasteiger partial charge in [-0.3, -0.25) is 4.99 Å². The fourth-order valence-corrected chi connectivity index (χ4v) is 3.32. The number of aryl methyl sites for hydroxylation is 1. The molecule has 0 amide bonds. The molecule has 2 N–H and O–H groups in total. The van der Waals surface area contributed by atoms with Gasteiger partial charge >= 0.3 is 0 Å². The zero-order valence-electron chi connectivity index (χ0n) is 16.5. The molecule has 1 aliphatic rings. The molecule has 1 fully saturated rings. The van der Waals surface area contributed by atoms with Gasteiger partial charge in [-0.25, -0.2) is 0 Å². The van der Waals surface area contributed by atoms with E-state index in [9.17, 15) is 0 Å². The summed E-state index contributed by atoms with van der Waals surface area (Å²) in [6.07, 6.45) is 10.4. The van der Waals surface area contributed by atoms with Crippen LogP contribution in [0.25, 0.3) is 0 Å². The van der Waals surface area contributed by atoms with Crippen LogP contribution in [0.2, 0.25) is 0 Å². The lowest BCUT2D eigenvalue weighted by atomic mass is 9.89. The van der Waals surface area contributed by atoms with E-state index in [1.54, 1.807) is 6.33 Å². The Balaban J connectivity index is 1.78.